The molecule has 4 N–H and O–H groups in total. The van der Waals surface area contributed by atoms with E-state index >= 15 is 0 Å². The van der Waals surface area contributed by atoms with Gasteiger partial charge in [-0.3, -0.25) is 4.79 Å². The molecular formula is C12H20N4O3S. The lowest BCUT2D eigenvalue weighted by molar-refractivity contribution is -0.127. The van der Waals surface area contributed by atoms with Gasteiger partial charge in [0.25, 0.3) is 0 Å². The van der Waals surface area contributed by atoms with Gasteiger partial charge in [-0.05, 0) is 25.1 Å². The Morgan fingerprint density at radius 3 is 2.35 bits per heavy atom. The monoisotopic (exact) mass is 300 g/mol. The quantitative estimate of drug-likeness (QED) is 0.734. The zero-order chi connectivity index (χ0) is 15.5. The van der Waals surface area contributed by atoms with E-state index in [-0.39, 0.29) is 17.3 Å². The van der Waals surface area contributed by atoms with Crippen molar-refractivity contribution in [3.05, 3.63) is 18.2 Å². The fourth-order valence-electron chi connectivity index (χ4n) is 1.69. The van der Waals surface area contributed by atoms with Gasteiger partial charge in [-0.2, -0.15) is 0 Å². The summed E-state index contributed by atoms with van der Waals surface area (Å²) in [6.45, 7) is 2.36. The number of rotatable bonds is 5. The van der Waals surface area contributed by atoms with Crippen molar-refractivity contribution in [2.24, 2.45) is 5.14 Å². The Kier molecular flexibility index (Phi) is 4.96. The number of amides is 1. The molecular weight excluding hydrogens is 280 g/mol. The maximum absolute atomic E-state index is 11.8. The third-order valence-electron chi connectivity index (χ3n) is 2.84. The topological polar surface area (TPSA) is 110 Å². The molecule has 0 fully saturated rings. The highest BCUT2D eigenvalue weighted by Crippen LogP contribution is 2.26. The van der Waals surface area contributed by atoms with Crippen LogP contribution in [0.3, 0.4) is 0 Å². The van der Waals surface area contributed by atoms with E-state index in [1.807, 2.05) is 6.92 Å². The molecule has 0 aliphatic heterocycles. The zero-order valence-corrected chi connectivity index (χ0v) is 12.6. The van der Waals surface area contributed by atoms with Crippen molar-refractivity contribution in [1.29, 1.82) is 0 Å². The molecule has 0 radical (unpaired) electrons. The molecule has 7 nitrogen and oxygen atoms in total. The highest BCUT2D eigenvalue weighted by atomic mass is 32.2. The smallest absolute Gasteiger partial charge is 0.241 e. The molecule has 1 aromatic carbocycles. The summed E-state index contributed by atoms with van der Waals surface area (Å²) in [5, 5.41) is 5.20. The van der Waals surface area contributed by atoms with Gasteiger partial charge in [0.1, 0.15) is 4.90 Å². The average Bonchev–Trinajstić information content (AvgIpc) is 2.34. The molecule has 0 saturated heterocycles. The Balaban J connectivity index is 3.26. The summed E-state index contributed by atoms with van der Waals surface area (Å²) in [5.41, 5.74) is 6.27. The normalized spacial score (nSPS) is 11.2. The lowest BCUT2D eigenvalue weighted by Gasteiger charge is -2.26. The fourth-order valence-corrected chi connectivity index (χ4v) is 2.48. The van der Waals surface area contributed by atoms with E-state index in [1.165, 1.54) is 11.0 Å². The number of benzene rings is 1. The van der Waals surface area contributed by atoms with Crippen LogP contribution in [0.1, 0.15) is 6.92 Å². The number of hydrogen-bond acceptors (Lipinski definition) is 5. The molecule has 0 saturated carbocycles. The van der Waals surface area contributed by atoms with E-state index in [0.717, 1.165) is 0 Å². The molecule has 0 aromatic heterocycles. The van der Waals surface area contributed by atoms with Crippen molar-refractivity contribution >= 4 is 27.3 Å². The average molecular weight is 300 g/mol. The van der Waals surface area contributed by atoms with Crippen LogP contribution in [-0.4, -0.2) is 46.4 Å². The molecule has 0 aliphatic carbocycles. The van der Waals surface area contributed by atoms with E-state index in [4.69, 9.17) is 10.9 Å². The molecule has 0 unspecified atom stereocenters. The van der Waals surface area contributed by atoms with Crippen LogP contribution in [0.2, 0.25) is 0 Å². The minimum Gasteiger partial charge on any atom is -0.399 e. The van der Waals surface area contributed by atoms with Gasteiger partial charge in [0, 0.05) is 26.3 Å². The first-order valence-electron chi connectivity index (χ1n) is 6.04. The first kappa shape index (κ1) is 16.3. The van der Waals surface area contributed by atoms with Crippen LogP contribution >= 0.6 is 0 Å². The molecule has 1 aromatic rings. The number of anilines is 2. The Morgan fingerprint density at radius 2 is 1.90 bits per heavy atom. The molecule has 0 heterocycles. The number of carbonyl (C=O) groups excluding carboxylic acids is 1. The standard InChI is InChI=1S/C12H20N4O3S/c1-4-16(8-12(17)15(2)3)10-6-5-9(13)7-11(10)20(14,18)19/h5-7H,4,8,13H2,1-3H3,(H2,14,18,19). The third kappa shape index (κ3) is 3.84. The number of hydrogen-bond donors (Lipinski definition) is 2. The van der Waals surface area contributed by atoms with Gasteiger partial charge in [0.05, 0.1) is 12.2 Å². The second kappa shape index (κ2) is 6.10. The number of nitrogens with two attached hydrogens (primary N) is 2. The molecule has 1 rings (SSSR count). The van der Waals surface area contributed by atoms with Gasteiger partial charge in [0.2, 0.25) is 15.9 Å². The van der Waals surface area contributed by atoms with Gasteiger partial charge in [-0.1, -0.05) is 0 Å². The van der Waals surface area contributed by atoms with Crippen LogP contribution in [-0.2, 0) is 14.8 Å². The summed E-state index contributed by atoms with van der Waals surface area (Å²) in [6, 6.07) is 4.43. The van der Waals surface area contributed by atoms with Crippen LogP contribution < -0.4 is 15.8 Å². The highest BCUT2D eigenvalue weighted by Gasteiger charge is 2.20. The van der Waals surface area contributed by atoms with Crippen molar-refractivity contribution < 1.29 is 13.2 Å². The zero-order valence-electron chi connectivity index (χ0n) is 11.8. The van der Waals surface area contributed by atoms with E-state index in [0.29, 0.717) is 17.9 Å². The summed E-state index contributed by atoms with van der Waals surface area (Å²) in [7, 11) is -0.636. The minimum atomic E-state index is -3.91. The number of nitrogens with zero attached hydrogens (tertiary/aromatic N) is 2. The minimum absolute atomic E-state index is 0.0654. The van der Waals surface area contributed by atoms with Crippen LogP contribution in [0.15, 0.2) is 23.1 Å². The largest absolute Gasteiger partial charge is 0.399 e. The van der Waals surface area contributed by atoms with Crippen LogP contribution in [0.5, 0.6) is 0 Å². The molecule has 1 amide bonds. The van der Waals surface area contributed by atoms with Crippen LogP contribution in [0.25, 0.3) is 0 Å². The number of carbonyl (C=O) groups is 1. The Morgan fingerprint density at radius 1 is 1.30 bits per heavy atom. The predicted octanol–water partition coefficient (Wildman–Crippen LogP) is -0.169. The summed E-state index contributed by atoms with van der Waals surface area (Å²) >= 11 is 0. The van der Waals surface area contributed by atoms with Crippen LogP contribution in [0.4, 0.5) is 11.4 Å². The fraction of sp³-hybridized carbons (Fsp3) is 0.417. The first-order valence-corrected chi connectivity index (χ1v) is 7.59. The highest BCUT2D eigenvalue weighted by molar-refractivity contribution is 7.89. The number of likely N-dealkylation sites (N-methyl/N-ethyl adjacent to an activating group) is 2. The second-order valence-electron chi connectivity index (χ2n) is 4.57. The van der Waals surface area contributed by atoms with Gasteiger partial charge in [0.15, 0.2) is 0 Å². The van der Waals surface area contributed by atoms with Crippen molar-refractivity contribution in [1.82, 2.24) is 4.90 Å². The van der Waals surface area contributed by atoms with E-state index in [9.17, 15) is 13.2 Å². The maximum atomic E-state index is 11.8. The molecule has 20 heavy (non-hydrogen) atoms. The number of primary sulfonamides is 1. The third-order valence-corrected chi connectivity index (χ3v) is 3.78. The summed E-state index contributed by atoms with van der Waals surface area (Å²) in [4.78, 5) is 14.8. The van der Waals surface area contributed by atoms with E-state index < -0.39 is 10.0 Å². The van der Waals surface area contributed by atoms with Gasteiger partial charge < -0.3 is 15.5 Å². The van der Waals surface area contributed by atoms with Crippen molar-refractivity contribution in [3.63, 3.8) is 0 Å². The summed E-state index contributed by atoms with van der Waals surface area (Å²) < 4.78 is 23.3. The van der Waals surface area contributed by atoms with Crippen LogP contribution in [0, 0.1) is 0 Å². The number of nitrogen functional groups attached to an aromatic ring is 1. The van der Waals surface area contributed by atoms with Gasteiger partial charge in [-0.25, -0.2) is 13.6 Å². The van der Waals surface area contributed by atoms with Crippen molar-refractivity contribution in [3.8, 4) is 0 Å². The summed E-state index contributed by atoms with van der Waals surface area (Å²) in [6.07, 6.45) is 0. The first-order chi connectivity index (χ1) is 9.16. The lowest BCUT2D eigenvalue weighted by Crippen LogP contribution is -2.37. The van der Waals surface area contributed by atoms with Gasteiger partial charge in [-0.15, -0.1) is 0 Å². The van der Waals surface area contributed by atoms with Gasteiger partial charge >= 0.3 is 0 Å². The molecule has 0 atom stereocenters. The Hall–Kier alpha value is -1.80. The number of sulfonamides is 1. The molecule has 112 valence electrons. The molecule has 0 spiro atoms. The lowest BCUT2D eigenvalue weighted by atomic mass is 10.2. The molecule has 0 bridgehead atoms. The Labute approximate surface area is 119 Å². The predicted molar refractivity (Wildman–Crippen MR) is 78.8 cm³/mol. The molecule has 8 heteroatoms. The van der Waals surface area contributed by atoms with Crippen molar-refractivity contribution in [2.75, 3.05) is 37.8 Å². The second-order valence-corrected chi connectivity index (χ2v) is 6.10. The molecule has 0 aliphatic rings. The van der Waals surface area contributed by atoms with Crippen molar-refractivity contribution in [2.45, 2.75) is 11.8 Å². The SMILES string of the molecule is CCN(CC(=O)N(C)C)c1ccc(N)cc1S(N)(=O)=O. The summed E-state index contributed by atoms with van der Waals surface area (Å²) in [5.74, 6) is -0.135. The maximum Gasteiger partial charge on any atom is 0.241 e. The van der Waals surface area contributed by atoms with E-state index in [2.05, 4.69) is 0 Å². The van der Waals surface area contributed by atoms with E-state index in [1.54, 1.807) is 31.1 Å². The Bertz CT molecular complexity index is 599.